The third-order valence-corrected chi connectivity index (χ3v) is 2.42. The molecule has 0 aromatic heterocycles. The van der Waals surface area contributed by atoms with E-state index in [9.17, 15) is 4.79 Å². The van der Waals surface area contributed by atoms with Crippen molar-refractivity contribution < 1.29 is 9.53 Å². The first-order valence-electron chi connectivity index (χ1n) is 4.66. The van der Waals surface area contributed by atoms with E-state index in [4.69, 9.17) is 4.74 Å². The van der Waals surface area contributed by atoms with Crippen molar-refractivity contribution in [2.24, 2.45) is 0 Å². The summed E-state index contributed by atoms with van der Waals surface area (Å²) in [4.78, 5) is 12.9. The molecule has 1 aromatic rings. The normalized spacial score (nSPS) is 15.0. The Morgan fingerprint density at radius 2 is 2.43 bits per heavy atom. The van der Waals surface area contributed by atoms with E-state index in [1.165, 1.54) is 0 Å². The fourth-order valence-corrected chi connectivity index (χ4v) is 1.46. The monoisotopic (exact) mass is 190 g/mol. The number of carbonyl (C=O) groups excluding carboxylic acids is 1. The number of ether oxygens (including phenoxy) is 1. The number of aryl methyl sites for hydroxylation is 1. The van der Waals surface area contributed by atoms with Gasteiger partial charge < -0.3 is 9.64 Å². The number of fused-ring (bicyclic) bond motifs is 1. The Labute approximate surface area is 83.3 Å². The van der Waals surface area contributed by atoms with Crippen LogP contribution in [0.5, 0.6) is 5.75 Å². The molecule has 0 N–H and O–H groups in total. The summed E-state index contributed by atoms with van der Waals surface area (Å²) in [6, 6.07) is 6.88. The van der Waals surface area contributed by atoms with Crippen LogP contribution in [0.25, 0.3) is 0 Å². The summed E-state index contributed by atoms with van der Waals surface area (Å²) in [6.45, 7) is 2.20. The van der Waals surface area contributed by atoms with E-state index in [0.717, 1.165) is 23.4 Å². The molecule has 1 aliphatic rings. The van der Waals surface area contributed by atoms with Crippen molar-refractivity contribution in [2.75, 3.05) is 18.6 Å². The molecule has 1 aliphatic heterocycles. The molecule has 1 heterocycles. The minimum atomic E-state index is -0.0184. The number of anilines is 1. The van der Waals surface area contributed by atoms with Crippen molar-refractivity contribution in [1.82, 2.24) is 0 Å². The van der Waals surface area contributed by atoms with Crippen LogP contribution in [-0.2, 0) is 11.2 Å². The molecule has 0 aliphatic carbocycles. The summed E-state index contributed by atoms with van der Waals surface area (Å²) in [5, 5.41) is 0. The van der Waals surface area contributed by atoms with Crippen molar-refractivity contribution in [3.63, 3.8) is 0 Å². The molecule has 1 radical (unpaired) electrons. The molecule has 0 saturated heterocycles. The number of hydrogen-bond donors (Lipinski definition) is 0. The number of carbonyl (C=O) groups is 1. The zero-order valence-electron chi connectivity index (χ0n) is 8.33. The lowest BCUT2D eigenvalue weighted by Crippen LogP contribution is -2.35. The van der Waals surface area contributed by atoms with Gasteiger partial charge in [-0.1, -0.05) is 6.92 Å². The Morgan fingerprint density at radius 1 is 1.64 bits per heavy atom. The van der Waals surface area contributed by atoms with Crippen LogP contribution in [0.1, 0.15) is 12.5 Å². The van der Waals surface area contributed by atoms with Crippen LogP contribution in [0.15, 0.2) is 12.1 Å². The quantitative estimate of drug-likeness (QED) is 0.670. The molecular weight excluding hydrogens is 178 g/mol. The molecular formula is C11H12NO2. The standard InChI is InChI=1S/C11H12NO2/c1-3-8-4-5-9-10(6-8)14-7-11(13)12(9)2/h5-6H,3,7H2,1-2H3. The third-order valence-electron chi connectivity index (χ3n) is 2.42. The van der Waals surface area contributed by atoms with E-state index < -0.39 is 0 Å². The highest BCUT2D eigenvalue weighted by Gasteiger charge is 2.21. The summed E-state index contributed by atoms with van der Waals surface area (Å²) in [6.07, 6.45) is 0.925. The molecule has 0 unspecified atom stereocenters. The molecule has 0 saturated carbocycles. The highest BCUT2D eigenvalue weighted by atomic mass is 16.5. The van der Waals surface area contributed by atoms with Crippen LogP contribution in [-0.4, -0.2) is 19.6 Å². The van der Waals surface area contributed by atoms with Crippen LogP contribution in [0.2, 0.25) is 0 Å². The van der Waals surface area contributed by atoms with Crippen molar-refractivity contribution in [2.45, 2.75) is 13.3 Å². The molecule has 3 heteroatoms. The maximum absolute atomic E-state index is 11.3. The lowest BCUT2D eigenvalue weighted by molar-refractivity contribution is -0.120. The van der Waals surface area contributed by atoms with Gasteiger partial charge in [0.25, 0.3) is 5.91 Å². The van der Waals surface area contributed by atoms with Crippen LogP contribution in [0.4, 0.5) is 5.69 Å². The van der Waals surface area contributed by atoms with Gasteiger partial charge in [0, 0.05) is 7.05 Å². The second-order valence-corrected chi connectivity index (χ2v) is 3.30. The van der Waals surface area contributed by atoms with Crippen LogP contribution in [0, 0.1) is 6.07 Å². The highest BCUT2D eigenvalue weighted by Crippen LogP contribution is 2.31. The Kier molecular flexibility index (Phi) is 2.15. The smallest absolute Gasteiger partial charge is 0.264 e. The molecule has 3 nitrogen and oxygen atoms in total. The van der Waals surface area contributed by atoms with Gasteiger partial charge in [-0.05, 0) is 30.2 Å². The lowest BCUT2D eigenvalue weighted by Gasteiger charge is -2.26. The van der Waals surface area contributed by atoms with Gasteiger partial charge in [-0.25, -0.2) is 0 Å². The summed E-state index contributed by atoms with van der Waals surface area (Å²) in [5.74, 6) is 0.762. The predicted molar refractivity (Wildman–Crippen MR) is 53.6 cm³/mol. The predicted octanol–water partition coefficient (Wildman–Crippen LogP) is 1.40. The van der Waals surface area contributed by atoms with Crippen molar-refractivity contribution >= 4 is 11.6 Å². The number of amides is 1. The molecule has 0 fully saturated rings. The molecule has 0 atom stereocenters. The number of benzene rings is 1. The molecule has 1 aromatic carbocycles. The van der Waals surface area contributed by atoms with Gasteiger partial charge in [-0.15, -0.1) is 0 Å². The Balaban J connectivity index is 2.43. The first kappa shape index (κ1) is 9.06. The van der Waals surface area contributed by atoms with Crippen LogP contribution >= 0.6 is 0 Å². The molecule has 0 spiro atoms. The third kappa shape index (κ3) is 1.35. The summed E-state index contributed by atoms with van der Waals surface area (Å²) < 4.78 is 5.34. The average molecular weight is 190 g/mol. The van der Waals surface area contributed by atoms with E-state index in [0.29, 0.717) is 0 Å². The zero-order valence-corrected chi connectivity index (χ0v) is 8.33. The van der Waals surface area contributed by atoms with E-state index >= 15 is 0 Å². The van der Waals surface area contributed by atoms with Gasteiger partial charge in [-0.2, -0.15) is 0 Å². The second-order valence-electron chi connectivity index (χ2n) is 3.30. The highest BCUT2D eigenvalue weighted by molar-refractivity contribution is 5.97. The zero-order chi connectivity index (χ0) is 10.1. The van der Waals surface area contributed by atoms with E-state index in [-0.39, 0.29) is 12.5 Å². The molecule has 2 rings (SSSR count). The largest absolute Gasteiger partial charge is 0.482 e. The maximum Gasteiger partial charge on any atom is 0.264 e. The van der Waals surface area contributed by atoms with E-state index in [1.54, 1.807) is 11.9 Å². The van der Waals surface area contributed by atoms with Crippen molar-refractivity contribution in [3.05, 3.63) is 23.8 Å². The van der Waals surface area contributed by atoms with Gasteiger partial charge in [-0.3, -0.25) is 4.79 Å². The van der Waals surface area contributed by atoms with Crippen molar-refractivity contribution in [1.29, 1.82) is 0 Å². The SMILES string of the molecule is CCc1[c]cc2c(c1)OCC(=O)N2C. The first-order chi connectivity index (χ1) is 6.72. The van der Waals surface area contributed by atoms with E-state index in [2.05, 4.69) is 13.0 Å². The summed E-state index contributed by atoms with van der Waals surface area (Å²) >= 11 is 0. The number of hydrogen-bond acceptors (Lipinski definition) is 2. The van der Waals surface area contributed by atoms with Gasteiger partial charge >= 0.3 is 0 Å². The molecule has 73 valence electrons. The minimum Gasteiger partial charge on any atom is -0.482 e. The Hall–Kier alpha value is -1.51. The lowest BCUT2D eigenvalue weighted by atomic mass is 10.1. The van der Waals surface area contributed by atoms with Gasteiger partial charge in [0.15, 0.2) is 6.61 Å². The molecule has 1 amide bonds. The Morgan fingerprint density at radius 3 is 3.14 bits per heavy atom. The van der Waals surface area contributed by atoms with Gasteiger partial charge in [0.1, 0.15) is 5.75 Å². The number of nitrogens with zero attached hydrogens (tertiary/aromatic N) is 1. The maximum atomic E-state index is 11.3. The number of likely N-dealkylation sites (N-methyl/N-ethyl adjacent to an activating group) is 1. The van der Waals surface area contributed by atoms with Crippen LogP contribution < -0.4 is 9.64 Å². The summed E-state index contributed by atoms with van der Waals surface area (Å²) in [5.41, 5.74) is 1.91. The Bertz CT molecular complexity index is 374. The first-order valence-corrected chi connectivity index (χ1v) is 4.66. The van der Waals surface area contributed by atoms with Crippen LogP contribution in [0.3, 0.4) is 0 Å². The fraction of sp³-hybridized carbons (Fsp3) is 0.364. The van der Waals surface area contributed by atoms with Gasteiger partial charge in [0.2, 0.25) is 0 Å². The number of rotatable bonds is 1. The summed E-state index contributed by atoms with van der Waals surface area (Å²) in [7, 11) is 1.75. The average Bonchev–Trinajstić information content (AvgIpc) is 2.23. The molecule has 14 heavy (non-hydrogen) atoms. The van der Waals surface area contributed by atoms with Gasteiger partial charge in [0.05, 0.1) is 5.69 Å². The molecule has 0 bridgehead atoms. The minimum absolute atomic E-state index is 0.0184. The topological polar surface area (TPSA) is 29.5 Å². The van der Waals surface area contributed by atoms with Crippen molar-refractivity contribution in [3.8, 4) is 5.75 Å². The fourth-order valence-electron chi connectivity index (χ4n) is 1.46. The second kappa shape index (κ2) is 3.33. The van der Waals surface area contributed by atoms with E-state index in [1.807, 2.05) is 12.1 Å².